The van der Waals surface area contributed by atoms with Gasteiger partial charge in [-0.05, 0) is 36.6 Å². The van der Waals surface area contributed by atoms with Gasteiger partial charge < -0.3 is 9.72 Å². The number of Topliss-reactive ketones (excluding diaryl/α,β-unsaturated/α-hetero) is 1. The van der Waals surface area contributed by atoms with Crippen LogP contribution in [0, 0.1) is 0 Å². The number of methoxy groups -OCH3 is 1. The van der Waals surface area contributed by atoms with Crippen molar-refractivity contribution in [3.05, 3.63) is 65.1 Å². The zero-order valence-corrected chi connectivity index (χ0v) is 13.9. The van der Waals surface area contributed by atoms with E-state index in [0.29, 0.717) is 22.9 Å². The zero-order chi connectivity index (χ0) is 17.4. The fraction of sp³-hybridized carbons (Fsp3) is 0.250. The maximum Gasteiger partial charge on any atom is 0.338 e. The number of fused-ring (bicyclic) bond motifs is 3. The highest BCUT2D eigenvalue weighted by Gasteiger charge is 2.31. The summed E-state index contributed by atoms with van der Waals surface area (Å²) in [6.07, 6.45) is 5.71. The van der Waals surface area contributed by atoms with Crippen LogP contribution in [0.5, 0.6) is 0 Å². The molecule has 1 aliphatic carbocycles. The van der Waals surface area contributed by atoms with Crippen LogP contribution in [-0.4, -0.2) is 28.8 Å². The normalized spacial score (nSPS) is 16.7. The number of aromatic amines is 1. The maximum absolute atomic E-state index is 12.6. The number of hydrogen-bond donors (Lipinski definition) is 1. The van der Waals surface area contributed by atoms with Gasteiger partial charge in [0.2, 0.25) is 0 Å². The molecule has 1 unspecified atom stereocenters. The maximum atomic E-state index is 12.6. The van der Waals surface area contributed by atoms with E-state index in [1.165, 1.54) is 7.11 Å². The van der Waals surface area contributed by atoms with Crippen LogP contribution in [0.4, 0.5) is 0 Å². The molecule has 2 heterocycles. The average molecular weight is 334 g/mol. The second-order valence-corrected chi connectivity index (χ2v) is 6.36. The number of pyridine rings is 1. The van der Waals surface area contributed by atoms with Crippen molar-refractivity contribution in [2.75, 3.05) is 7.11 Å². The van der Waals surface area contributed by atoms with Gasteiger partial charge in [0.15, 0.2) is 5.78 Å². The molecular weight excluding hydrogens is 316 g/mol. The number of nitrogens with zero attached hydrogens (tertiary/aromatic N) is 1. The van der Waals surface area contributed by atoms with Crippen molar-refractivity contribution in [2.24, 2.45) is 0 Å². The predicted molar refractivity (Wildman–Crippen MR) is 93.9 cm³/mol. The first-order valence-electron chi connectivity index (χ1n) is 8.34. The Balaban J connectivity index is 1.85. The third kappa shape index (κ3) is 2.61. The van der Waals surface area contributed by atoms with E-state index in [2.05, 4.69) is 9.97 Å². The van der Waals surface area contributed by atoms with Crippen LogP contribution in [0.3, 0.4) is 0 Å². The Hall–Kier alpha value is -2.95. The Bertz CT molecular complexity index is 960. The molecule has 1 aliphatic rings. The van der Waals surface area contributed by atoms with Gasteiger partial charge in [0.05, 0.1) is 12.7 Å². The summed E-state index contributed by atoms with van der Waals surface area (Å²) >= 11 is 0. The first-order chi connectivity index (χ1) is 12.2. The van der Waals surface area contributed by atoms with Gasteiger partial charge >= 0.3 is 5.97 Å². The molecule has 25 heavy (non-hydrogen) atoms. The standard InChI is InChI=1S/C20H18N2O3/c1-25-20(24)14-5-2-6-15-17(14)18-16(23)8-7-13(19(18)22-15)10-12-4-3-9-21-11-12/h2-6,9,11,13,22H,7-8,10H2,1H3. The SMILES string of the molecule is COC(=O)c1cccc2[nH]c3c(c12)C(=O)CCC3Cc1cccnc1. The highest BCUT2D eigenvalue weighted by Crippen LogP contribution is 2.39. The molecule has 5 nitrogen and oxygen atoms in total. The monoisotopic (exact) mass is 334 g/mol. The van der Waals surface area contributed by atoms with Gasteiger partial charge in [-0.3, -0.25) is 9.78 Å². The van der Waals surface area contributed by atoms with E-state index in [-0.39, 0.29) is 11.7 Å². The van der Waals surface area contributed by atoms with Crippen molar-refractivity contribution >= 4 is 22.7 Å². The van der Waals surface area contributed by atoms with E-state index in [9.17, 15) is 9.59 Å². The molecule has 2 aromatic heterocycles. The summed E-state index contributed by atoms with van der Waals surface area (Å²) in [7, 11) is 1.35. The molecule has 5 heteroatoms. The van der Waals surface area contributed by atoms with E-state index in [1.807, 2.05) is 24.4 Å². The zero-order valence-electron chi connectivity index (χ0n) is 13.9. The highest BCUT2D eigenvalue weighted by molar-refractivity contribution is 6.16. The molecule has 126 valence electrons. The molecule has 0 fully saturated rings. The number of H-pyrrole nitrogens is 1. The van der Waals surface area contributed by atoms with E-state index < -0.39 is 5.97 Å². The Morgan fingerprint density at radius 3 is 2.96 bits per heavy atom. The topological polar surface area (TPSA) is 72.1 Å². The minimum absolute atomic E-state index is 0.0834. The summed E-state index contributed by atoms with van der Waals surface area (Å²) in [4.78, 5) is 32.3. The van der Waals surface area contributed by atoms with Crippen LogP contribution in [0.1, 0.15) is 50.7 Å². The number of aromatic nitrogens is 2. The van der Waals surface area contributed by atoms with Gasteiger partial charge in [0.25, 0.3) is 0 Å². The average Bonchev–Trinajstić information content (AvgIpc) is 3.05. The summed E-state index contributed by atoms with van der Waals surface area (Å²) in [6, 6.07) is 9.38. The lowest BCUT2D eigenvalue weighted by Gasteiger charge is -2.22. The molecule has 1 atom stereocenters. The lowest BCUT2D eigenvalue weighted by Crippen LogP contribution is -2.17. The van der Waals surface area contributed by atoms with Crippen molar-refractivity contribution < 1.29 is 14.3 Å². The summed E-state index contributed by atoms with van der Waals surface area (Å²) in [6.45, 7) is 0. The number of nitrogens with one attached hydrogen (secondary N) is 1. The summed E-state index contributed by atoms with van der Waals surface area (Å²) < 4.78 is 4.89. The molecule has 0 radical (unpaired) electrons. The van der Waals surface area contributed by atoms with Crippen molar-refractivity contribution in [3.63, 3.8) is 0 Å². The van der Waals surface area contributed by atoms with Gasteiger partial charge in [0, 0.05) is 46.9 Å². The molecule has 0 bridgehead atoms. The quantitative estimate of drug-likeness (QED) is 0.742. The fourth-order valence-electron chi connectivity index (χ4n) is 3.73. The minimum Gasteiger partial charge on any atom is -0.465 e. The van der Waals surface area contributed by atoms with Gasteiger partial charge in [-0.1, -0.05) is 12.1 Å². The largest absolute Gasteiger partial charge is 0.465 e. The van der Waals surface area contributed by atoms with Crippen molar-refractivity contribution in [3.8, 4) is 0 Å². The van der Waals surface area contributed by atoms with Crippen LogP contribution in [0.25, 0.3) is 10.9 Å². The molecular formula is C20H18N2O3. The molecule has 0 saturated heterocycles. The second-order valence-electron chi connectivity index (χ2n) is 6.36. The van der Waals surface area contributed by atoms with Crippen molar-refractivity contribution in [1.29, 1.82) is 0 Å². The number of esters is 1. The van der Waals surface area contributed by atoms with Crippen LogP contribution in [-0.2, 0) is 11.2 Å². The number of ether oxygens (including phenoxy) is 1. The van der Waals surface area contributed by atoms with Gasteiger partial charge in [-0.2, -0.15) is 0 Å². The molecule has 0 amide bonds. The van der Waals surface area contributed by atoms with Gasteiger partial charge in [-0.15, -0.1) is 0 Å². The van der Waals surface area contributed by atoms with E-state index in [4.69, 9.17) is 4.74 Å². The molecule has 1 N–H and O–H groups in total. The van der Waals surface area contributed by atoms with E-state index >= 15 is 0 Å². The number of rotatable bonds is 3. The van der Waals surface area contributed by atoms with Crippen LogP contribution < -0.4 is 0 Å². The van der Waals surface area contributed by atoms with Crippen LogP contribution in [0.2, 0.25) is 0 Å². The van der Waals surface area contributed by atoms with E-state index in [1.54, 1.807) is 18.3 Å². The van der Waals surface area contributed by atoms with Crippen molar-refractivity contribution in [1.82, 2.24) is 9.97 Å². The molecule has 1 aromatic carbocycles. The third-order valence-corrected chi connectivity index (χ3v) is 4.87. The molecule has 0 aliphatic heterocycles. The summed E-state index contributed by atoms with van der Waals surface area (Å²) in [5.41, 5.74) is 3.95. The number of carbonyl (C=O) groups is 2. The first-order valence-corrected chi connectivity index (χ1v) is 8.34. The smallest absolute Gasteiger partial charge is 0.338 e. The predicted octanol–water partition coefficient (Wildman–Crippen LogP) is 3.65. The fourth-order valence-corrected chi connectivity index (χ4v) is 3.73. The lowest BCUT2D eigenvalue weighted by atomic mass is 9.82. The summed E-state index contributed by atoms with van der Waals surface area (Å²) in [5.74, 6) is -0.135. The molecule has 0 saturated carbocycles. The lowest BCUT2D eigenvalue weighted by molar-refractivity contribution is 0.0603. The summed E-state index contributed by atoms with van der Waals surface area (Å²) in [5, 5.41) is 0.685. The van der Waals surface area contributed by atoms with Gasteiger partial charge in [-0.25, -0.2) is 4.79 Å². The Morgan fingerprint density at radius 2 is 2.20 bits per heavy atom. The first kappa shape index (κ1) is 15.6. The van der Waals surface area contributed by atoms with Crippen LogP contribution >= 0.6 is 0 Å². The van der Waals surface area contributed by atoms with Crippen LogP contribution in [0.15, 0.2) is 42.7 Å². The Morgan fingerprint density at radius 1 is 1.32 bits per heavy atom. The molecule has 4 rings (SSSR count). The van der Waals surface area contributed by atoms with Crippen molar-refractivity contribution in [2.45, 2.75) is 25.2 Å². The van der Waals surface area contributed by atoms with E-state index in [0.717, 1.165) is 29.6 Å². The number of ketones is 1. The molecule has 0 spiro atoms. The van der Waals surface area contributed by atoms with Gasteiger partial charge in [0.1, 0.15) is 0 Å². The third-order valence-electron chi connectivity index (χ3n) is 4.87. The minimum atomic E-state index is -0.422. The second kappa shape index (κ2) is 6.16. The highest BCUT2D eigenvalue weighted by atomic mass is 16.5. The number of hydrogen-bond acceptors (Lipinski definition) is 4. The Kier molecular flexibility index (Phi) is 3.84. The Labute approximate surface area is 145 Å². The number of carbonyl (C=O) groups excluding carboxylic acids is 2. The number of benzene rings is 1. The molecule has 3 aromatic rings.